The Morgan fingerprint density at radius 1 is 1.19 bits per heavy atom. The van der Waals surface area contributed by atoms with Crippen LogP contribution < -0.4 is 0 Å². The van der Waals surface area contributed by atoms with Crippen LogP contribution in [0.4, 0.5) is 0 Å². The average Bonchev–Trinajstić information content (AvgIpc) is 2.72. The Labute approximate surface area is 91.9 Å². The van der Waals surface area contributed by atoms with Gasteiger partial charge in [0.1, 0.15) is 5.69 Å². The number of imide groups is 1. The second kappa shape index (κ2) is 2.72. The van der Waals surface area contributed by atoms with Gasteiger partial charge in [-0.15, -0.1) is 0 Å². The normalized spacial score (nSPS) is 15.0. The van der Waals surface area contributed by atoms with Crippen molar-refractivity contribution in [2.75, 3.05) is 7.05 Å². The molecule has 2 amide bonds. The third-order valence-electron chi connectivity index (χ3n) is 2.99. The van der Waals surface area contributed by atoms with E-state index in [-0.39, 0.29) is 11.8 Å². The van der Waals surface area contributed by atoms with Crippen molar-refractivity contribution in [3.8, 4) is 0 Å². The molecule has 4 nitrogen and oxygen atoms in total. The molecular weight excluding hydrogens is 204 g/mol. The number of benzene rings is 1. The number of hydrogen-bond donors (Lipinski definition) is 1. The van der Waals surface area contributed by atoms with Crippen LogP contribution in [-0.4, -0.2) is 28.7 Å². The molecular formula is C12H10N2O2. The van der Waals surface area contributed by atoms with Gasteiger partial charge >= 0.3 is 0 Å². The van der Waals surface area contributed by atoms with E-state index in [0.29, 0.717) is 11.3 Å². The van der Waals surface area contributed by atoms with Gasteiger partial charge < -0.3 is 4.98 Å². The summed E-state index contributed by atoms with van der Waals surface area (Å²) in [6, 6.07) is 5.77. The maximum atomic E-state index is 11.9. The van der Waals surface area contributed by atoms with Crippen LogP contribution in [0.25, 0.3) is 10.9 Å². The van der Waals surface area contributed by atoms with Crippen molar-refractivity contribution >= 4 is 22.7 Å². The smallest absolute Gasteiger partial charge is 0.277 e. The lowest BCUT2D eigenvalue weighted by Gasteiger charge is -2.05. The van der Waals surface area contributed by atoms with E-state index in [1.54, 1.807) is 0 Å². The van der Waals surface area contributed by atoms with E-state index in [4.69, 9.17) is 0 Å². The summed E-state index contributed by atoms with van der Waals surface area (Å²) in [5, 5.41) is 0.831. The lowest BCUT2D eigenvalue weighted by molar-refractivity contribution is 0.0691. The molecule has 0 saturated carbocycles. The van der Waals surface area contributed by atoms with E-state index in [1.165, 1.54) is 7.05 Å². The first-order valence-electron chi connectivity index (χ1n) is 5.04. The summed E-state index contributed by atoms with van der Waals surface area (Å²) in [5.41, 5.74) is 2.83. The molecule has 0 aliphatic carbocycles. The summed E-state index contributed by atoms with van der Waals surface area (Å²) < 4.78 is 0. The average molecular weight is 214 g/mol. The number of nitrogens with one attached hydrogen (secondary N) is 1. The molecule has 2 heterocycles. The van der Waals surface area contributed by atoms with Crippen molar-refractivity contribution in [1.29, 1.82) is 0 Å². The molecule has 1 aliphatic rings. The summed E-state index contributed by atoms with van der Waals surface area (Å²) in [5.74, 6) is -0.481. The van der Waals surface area contributed by atoms with Crippen molar-refractivity contribution in [3.63, 3.8) is 0 Å². The van der Waals surface area contributed by atoms with Crippen molar-refractivity contribution in [3.05, 3.63) is 35.0 Å². The zero-order chi connectivity index (χ0) is 11.4. The molecule has 1 aromatic heterocycles. The Balaban J connectivity index is 2.42. The molecule has 0 saturated heterocycles. The minimum absolute atomic E-state index is 0.225. The van der Waals surface area contributed by atoms with E-state index in [1.807, 2.05) is 25.1 Å². The predicted octanol–water partition coefficient (Wildman–Crippen LogP) is 1.70. The molecule has 80 valence electrons. The number of hydrogen-bond acceptors (Lipinski definition) is 2. The molecule has 0 fully saturated rings. The molecule has 1 aliphatic heterocycles. The summed E-state index contributed by atoms with van der Waals surface area (Å²) >= 11 is 0. The standard InChI is InChI=1S/C12H10N2O2/c1-6-3-4-8-7(5-6)9-10(13-8)12(16)14(2)11(9)15/h3-5,13H,1-2H3. The summed E-state index contributed by atoms with van der Waals surface area (Å²) in [6.07, 6.45) is 0. The van der Waals surface area contributed by atoms with Gasteiger partial charge in [-0.3, -0.25) is 14.5 Å². The van der Waals surface area contributed by atoms with Crippen LogP contribution in [0.3, 0.4) is 0 Å². The fourth-order valence-corrected chi connectivity index (χ4v) is 2.12. The Morgan fingerprint density at radius 3 is 2.69 bits per heavy atom. The van der Waals surface area contributed by atoms with Gasteiger partial charge in [0.15, 0.2) is 0 Å². The third kappa shape index (κ3) is 0.934. The number of fused-ring (bicyclic) bond motifs is 3. The summed E-state index contributed by atoms with van der Waals surface area (Å²) in [6.45, 7) is 1.96. The highest BCUT2D eigenvalue weighted by molar-refractivity contribution is 6.26. The number of aromatic amines is 1. The monoisotopic (exact) mass is 214 g/mol. The fraction of sp³-hybridized carbons (Fsp3) is 0.167. The van der Waals surface area contributed by atoms with E-state index in [9.17, 15) is 9.59 Å². The van der Waals surface area contributed by atoms with Crippen molar-refractivity contribution in [1.82, 2.24) is 9.88 Å². The molecule has 0 bridgehead atoms. The number of nitrogens with zero attached hydrogens (tertiary/aromatic N) is 1. The first-order valence-corrected chi connectivity index (χ1v) is 5.04. The Morgan fingerprint density at radius 2 is 1.94 bits per heavy atom. The van der Waals surface area contributed by atoms with Gasteiger partial charge in [0.25, 0.3) is 11.8 Å². The minimum atomic E-state index is -0.256. The Hall–Kier alpha value is -2.10. The largest absolute Gasteiger partial charge is 0.350 e. The van der Waals surface area contributed by atoms with E-state index < -0.39 is 0 Å². The van der Waals surface area contributed by atoms with Crippen LogP contribution >= 0.6 is 0 Å². The minimum Gasteiger partial charge on any atom is -0.350 e. The van der Waals surface area contributed by atoms with Crippen molar-refractivity contribution < 1.29 is 9.59 Å². The Bertz CT molecular complexity index is 640. The molecule has 3 rings (SSSR count). The second-order valence-electron chi connectivity index (χ2n) is 4.09. The second-order valence-corrected chi connectivity index (χ2v) is 4.09. The topological polar surface area (TPSA) is 53.2 Å². The zero-order valence-electron chi connectivity index (χ0n) is 9.00. The van der Waals surface area contributed by atoms with E-state index >= 15 is 0 Å². The highest BCUT2D eigenvalue weighted by Gasteiger charge is 2.36. The maximum absolute atomic E-state index is 11.9. The lowest BCUT2D eigenvalue weighted by atomic mass is 10.1. The number of carbonyl (C=O) groups is 2. The van der Waals surface area contributed by atoms with Gasteiger partial charge in [-0.1, -0.05) is 11.6 Å². The van der Waals surface area contributed by atoms with Gasteiger partial charge in [-0.2, -0.15) is 0 Å². The highest BCUT2D eigenvalue weighted by Crippen LogP contribution is 2.29. The zero-order valence-corrected chi connectivity index (χ0v) is 9.00. The van der Waals surface area contributed by atoms with Crippen molar-refractivity contribution in [2.24, 2.45) is 0 Å². The molecule has 4 heteroatoms. The molecule has 1 aromatic carbocycles. The van der Waals surface area contributed by atoms with Gasteiger partial charge in [-0.25, -0.2) is 0 Å². The van der Waals surface area contributed by atoms with E-state index in [0.717, 1.165) is 21.4 Å². The molecule has 2 aromatic rings. The lowest BCUT2D eigenvalue weighted by Crippen LogP contribution is -2.25. The maximum Gasteiger partial charge on any atom is 0.277 e. The quantitative estimate of drug-likeness (QED) is 0.678. The first kappa shape index (κ1) is 9.15. The Kier molecular flexibility index (Phi) is 1.56. The number of amides is 2. The van der Waals surface area contributed by atoms with Gasteiger partial charge in [-0.05, 0) is 19.1 Å². The van der Waals surface area contributed by atoms with Crippen LogP contribution in [-0.2, 0) is 0 Å². The van der Waals surface area contributed by atoms with Crippen LogP contribution in [0.15, 0.2) is 18.2 Å². The number of aromatic nitrogens is 1. The number of carbonyl (C=O) groups excluding carboxylic acids is 2. The molecule has 16 heavy (non-hydrogen) atoms. The molecule has 0 unspecified atom stereocenters. The first-order chi connectivity index (χ1) is 7.59. The number of H-pyrrole nitrogens is 1. The van der Waals surface area contributed by atoms with Gasteiger partial charge in [0, 0.05) is 18.0 Å². The number of aryl methyl sites for hydroxylation is 1. The molecule has 0 radical (unpaired) electrons. The van der Waals surface area contributed by atoms with Crippen LogP contribution in [0.5, 0.6) is 0 Å². The molecule has 1 N–H and O–H groups in total. The van der Waals surface area contributed by atoms with E-state index in [2.05, 4.69) is 4.98 Å². The predicted molar refractivity (Wildman–Crippen MR) is 59.5 cm³/mol. The van der Waals surface area contributed by atoms with Crippen LogP contribution in [0.2, 0.25) is 0 Å². The summed E-state index contributed by atoms with van der Waals surface area (Å²) in [4.78, 5) is 27.8. The van der Waals surface area contributed by atoms with Crippen molar-refractivity contribution in [2.45, 2.75) is 6.92 Å². The van der Waals surface area contributed by atoms with Gasteiger partial charge in [0.05, 0.1) is 5.56 Å². The molecule has 0 atom stereocenters. The highest BCUT2D eigenvalue weighted by atomic mass is 16.2. The van der Waals surface area contributed by atoms with Gasteiger partial charge in [0.2, 0.25) is 0 Å². The van der Waals surface area contributed by atoms with Crippen LogP contribution in [0.1, 0.15) is 26.4 Å². The fourth-order valence-electron chi connectivity index (χ4n) is 2.12. The third-order valence-corrected chi connectivity index (χ3v) is 2.99. The summed E-state index contributed by atoms with van der Waals surface area (Å²) in [7, 11) is 1.50. The van der Waals surface area contributed by atoms with Crippen LogP contribution in [0, 0.1) is 6.92 Å². The SMILES string of the molecule is Cc1ccc2[nH]c3c(c2c1)C(=O)N(C)C3=O. The number of rotatable bonds is 0. The molecule has 0 spiro atoms.